The number of nitrogens with one attached hydrogen (secondary N) is 3. The van der Waals surface area contributed by atoms with Crippen molar-refractivity contribution in [1.29, 1.82) is 5.41 Å². The van der Waals surface area contributed by atoms with Gasteiger partial charge in [-0.1, -0.05) is 26.3 Å². The predicted molar refractivity (Wildman–Crippen MR) is 121 cm³/mol. The zero-order chi connectivity index (χ0) is 22.6. The number of Topliss-reactive ketones (excluding diaryl/α,β-unsaturated/α-hetero) is 1. The van der Waals surface area contributed by atoms with E-state index >= 15 is 0 Å². The van der Waals surface area contributed by atoms with Gasteiger partial charge in [-0.15, -0.1) is 0 Å². The van der Waals surface area contributed by atoms with Crippen LogP contribution >= 0.6 is 0 Å². The number of hydrogen-bond acceptors (Lipinski definition) is 6. The molecule has 1 aromatic heterocycles. The number of aromatic nitrogens is 1. The van der Waals surface area contributed by atoms with E-state index in [-0.39, 0.29) is 36.7 Å². The Morgan fingerprint density at radius 3 is 2.81 bits per heavy atom. The van der Waals surface area contributed by atoms with Gasteiger partial charge in [0.25, 0.3) is 0 Å². The van der Waals surface area contributed by atoms with E-state index in [2.05, 4.69) is 29.5 Å². The second-order valence-corrected chi connectivity index (χ2v) is 8.97. The molecule has 1 unspecified atom stereocenters. The molecule has 1 saturated carbocycles. The number of amides is 2. The van der Waals surface area contributed by atoms with Crippen molar-refractivity contribution in [3.05, 3.63) is 36.3 Å². The number of carbonyl (C=O) groups excluding carboxylic acids is 3. The van der Waals surface area contributed by atoms with E-state index in [1.807, 2.05) is 6.08 Å². The minimum Gasteiger partial charge on any atom is -0.374 e. The first-order valence-corrected chi connectivity index (χ1v) is 10.7. The molecule has 3 rings (SSSR count). The topological polar surface area (TPSA) is 115 Å². The quantitative estimate of drug-likeness (QED) is 0.552. The third kappa shape index (κ3) is 5.18. The maximum atomic E-state index is 12.8. The van der Waals surface area contributed by atoms with Gasteiger partial charge in [-0.3, -0.25) is 24.8 Å². The molecule has 1 aliphatic heterocycles. The molecule has 0 spiro atoms. The van der Waals surface area contributed by atoms with Gasteiger partial charge < -0.3 is 15.5 Å². The molecular formula is C23H33N5O3. The molecule has 2 heterocycles. The predicted octanol–water partition coefficient (Wildman–Crippen LogP) is 2.75. The lowest BCUT2D eigenvalue weighted by Crippen LogP contribution is -2.48. The molecular weight excluding hydrogens is 394 g/mol. The molecule has 2 amide bonds. The lowest BCUT2D eigenvalue weighted by atomic mass is 9.82. The van der Waals surface area contributed by atoms with Gasteiger partial charge in [0.05, 0.1) is 18.4 Å². The SMILES string of the molecule is CC(=O)C(=N)c1ccncc1NCC(=O)N1C=CC[C@H]1C(=O)NCC1CCCC1(C)C.[HH]. The number of carbonyl (C=O) groups is 3. The van der Waals surface area contributed by atoms with Crippen molar-refractivity contribution in [3.8, 4) is 0 Å². The van der Waals surface area contributed by atoms with Crippen LogP contribution in [-0.2, 0) is 14.4 Å². The Morgan fingerprint density at radius 1 is 1.35 bits per heavy atom. The highest BCUT2D eigenvalue weighted by atomic mass is 16.2. The summed E-state index contributed by atoms with van der Waals surface area (Å²) in [4.78, 5) is 42.6. The van der Waals surface area contributed by atoms with Crippen LogP contribution in [0.1, 0.15) is 53.4 Å². The second-order valence-electron chi connectivity index (χ2n) is 8.97. The first-order chi connectivity index (χ1) is 14.7. The van der Waals surface area contributed by atoms with E-state index in [1.165, 1.54) is 37.1 Å². The second kappa shape index (κ2) is 9.41. The van der Waals surface area contributed by atoms with Gasteiger partial charge in [-0.05, 0) is 36.7 Å². The molecule has 3 N–H and O–H groups in total. The fourth-order valence-electron chi connectivity index (χ4n) is 4.34. The zero-order valence-electron chi connectivity index (χ0n) is 18.4. The Labute approximate surface area is 184 Å². The molecule has 0 radical (unpaired) electrons. The van der Waals surface area contributed by atoms with Crippen LogP contribution in [0.3, 0.4) is 0 Å². The van der Waals surface area contributed by atoms with Crippen LogP contribution in [0.25, 0.3) is 0 Å². The highest BCUT2D eigenvalue weighted by Crippen LogP contribution is 2.42. The van der Waals surface area contributed by atoms with Crippen molar-refractivity contribution in [2.75, 3.05) is 18.4 Å². The molecule has 0 aromatic carbocycles. The van der Waals surface area contributed by atoms with E-state index in [1.54, 1.807) is 12.3 Å². The van der Waals surface area contributed by atoms with Crippen molar-refractivity contribution in [2.45, 2.75) is 52.5 Å². The molecule has 2 aliphatic rings. The zero-order valence-corrected chi connectivity index (χ0v) is 18.4. The Balaban J connectivity index is 0.00000363. The first-order valence-electron chi connectivity index (χ1n) is 10.7. The molecule has 0 bridgehead atoms. The van der Waals surface area contributed by atoms with Crippen LogP contribution in [-0.4, -0.2) is 52.3 Å². The molecule has 1 fully saturated rings. The maximum absolute atomic E-state index is 12.8. The lowest BCUT2D eigenvalue weighted by molar-refractivity contribution is -0.135. The smallest absolute Gasteiger partial charge is 0.246 e. The maximum Gasteiger partial charge on any atom is 0.246 e. The molecule has 168 valence electrons. The number of pyridine rings is 1. The van der Waals surface area contributed by atoms with E-state index in [9.17, 15) is 14.4 Å². The van der Waals surface area contributed by atoms with Crippen LogP contribution in [0.2, 0.25) is 0 Å². The van der Waals surface area contributed by atoms with Crippen molar-refractivity contribution < 1.29 is 15.8 Å². The van der Waals surface area contributed by atoms with Crippen LogP contribution < -0.4 is 10.6 Å². The van der Waals surface area contributed by atoms with Crippen LogP contribution in [0.15, 0.2) is 30.7 Å². The standard InChI is InChI=1S/C23H31N5O3.H2/c1-15(29)21(24)17-8-10-25-13-18(17)26-14-20(30)28-11-5-7-19(28)22(31)27-12-16-6-4-9-23(16,2)3;/h5,8,10-11,13,16,19,24,26H,4,6-7,9,12,14H2,1-3H3,(H,27,31);1H/t16?,19-;/m0./s1. The first kappa shape index (κ1) is 22.7. The van der Waals surface area contributed by atoms with Gasteiger partial charge in [0.15, 0.2) is 5.78 Å². The van der Waals surface area contributed by atoms with Crippen molar-refractivity contribution in [2.24, 2.45) is 11.3 Å². The summed E-state index contributed by atoms with van der Waals surface area (Å²) in [6, 6.07) is 1.01. The molecule has 0 saturated heterocycles. The van der Waals surface area contributed by atoms with E-state index in [4.69, 9.17) is 5.41 Å². The average molecular weight is 428 g/mol. The van der Waals surface area contributed by atoms with Gasteiger partial charge >= 0.3 is 0 Å². The number of anilines is 1. The van der Waals surface area contributed by atoms with Gasteiger partial charge in [0.2, 0.25) is 11.8 Å². The summed E-state index contributed by atoms with van der Waals surface area (Å²) in [7, 11) is 0. The Kier molecular flexibility index (Phi) is 6.87. The fraction of sp³-hybridized carbons (Fsp3) is 0.522. The van der Waals surface area contributed by atoms with Gasteiger partial charge in [-0.2, -0.15) is 0 Å². The van der Waals surface area contributed by atoms with Gasteiger partial charge in [0, 0.05) is 32.9 Å². The molecule has 31 heavy (non-hydrogen) atoms. The number of rotatable bonds is 8. The summed E-state index contributed by atoms with van der Waals surface area (Å²) in [6.07, 6.45) is 10.4. The van der Waals surface area contributed by atoms with Gasteiger partial charge in [0.1, 0.15) is 11.8 Å². The number of hydrogen-bond donors (Lipinski definition) is 3. The highest BCUT2D eigenvalue weighted by molar-refractivity contribution is 6.45. The molecule has 2 atom stereocenters. The summed E-state index contributed by atoms with van der Waals surface area (Å²) < 4.78 is 0. The Morgan fingerprint density at radius 2 is 2.13 bits per heavy atom. The van der Waals surface area contributed by atoms with E-state index in [0.717, 1.165) is 6.42 Å². The van der Waals surface area contributed by atoms with Crippen molar-refractivity contribution in [3.63, 3.8) is 0 Å². The molecule has 1 aromatic rings. The minimum atomic E-state index is -0.553. The minimum absolute atomic E-state index is 0. The summed E-state index contributed by atoms with van der Waals surface area (Å²) in [5.74, 6) is -0.316. The largest absolute Gasteiger partial charge is 0.374 e. The van der Waals surface area contributed by atoms with E-state index < -0.39 is 6.04 Å². The third-order valence-electron chi connectivity index (χ3n) is 6.43. The third-order valence-corrected chi connectivity index (χ3v) is 6.43. The number of ketones is 1. The van der Waals surface area contributed by atoms with Crippen molar-refractivity contribution >= 4 is 29.0 Å². The highest BCUT2D eigenvalue weighted by Gasteiger charge is 2.36. The van der Waals surface area contributed by atoms with Crippen LogP contribution in [0.5, 0.6) is 0 Å². The van der Waals surface area contributed by atoms with Crippen LogP contribution in [0, 0.1) is 16.7 Å². The Hall–Kier alpha value is -3.03. The monoisotopic (exact) mass is 427 g/mol. The fourth-order valence-corrected chi connectivity index (χ4v) is 4.34. The lowest BCUT2D eigenvalue weighted by Gasteiger charge is -2.29. The average Bonchev–Trinajstić information content (AvgIpc) is 3.36. The van der Waals surface area contributed by atoms with E-state index in [0.29, 0.717) is 30.1 Å². The van der Waals surface area contributed by atoms with Crippen LogP contribution in [0.4, 0.5) is 5.69 Å². The molecule has 8 heteroatoms. The summed E-state index contributed by atoms with van der Waals surface area (Å²) in [5, 5.41) is 13.9. The number of nitrogens with zero attached hydrogens (tertiary/aromatic N) is 2. The Bertz CT molecular complexity index is 915. The summed E-state index contributed by atoms with van der Waals surface area (Å²) >= 11 is 0. The van der Waals surface area contributed by atoms with Gasteiger partial charge in [-0.25, -0.2) is 0 Å². The normalized spacial score (nSPS) is 21.7. The summed E-state index contributed by atoms with van der Waals surface area (Å²) in [5.41, 5.74) is 0.908. The molecule has 1 aliphatic carbocycles. The summed E-state index contributed by atoms with van der Waals surface area (Å²) in [6.45, 7) is 6.37. The molecule has 8 nitrogen and oxygen atoms in total. The van der Waals surface area contributed by atoms with Crippen molar-refractivity contribution in [1.82, 2.24) is 15.2 Å².